The third-order valence-corrected chi connectivity index (χ3v) is 9.58. The van der Waals surface area contributed by atoms with Gasteiger partial charge in [-0.1, -0.05) is 145 Å². The van der Waals surface area contributed by atoms with E-state index in [1.807, 2.05) is 12.2 Å². The fourth-order valence-electron chi connectivity index (χ4n) is 4.99. The molecule has 0 aromatic rings. The van der Waals surface area contributed by atoms with Gasteiger partial charge in [-0.15, -0.1) is 0 Å². The fourth-order valence-corrected chi connectivity index (χ4v) is 6.15. The number of ether oxygens (including phenoxy) is 2. The van der Waals surface area contributed by atoms with Gasteiger partial charge in [0.25, 0.3) is 0 Å². The zero-order valence-electron chi connectivity index (χ0n) is 34.9. The SMILES string of the molecule is CC/C=C\C/C=C\C/C=C\C/C=C\C/C=C\C=C/C(O)CCC(=O)O[C@H](COC(=O)CCCCCCCCCCC(C)C)COP(=O)(O)OC[C@@H](O)COP(=O)(O)O. The van der Waals surface area contributed by atoms with Crippen molar-refractivity contribution in [3.63, 3.8) is 0 Å². The molecule has 2 unspecified atom stereocenters. The summed E-state index contributed by atoms with van der Waals surface area (Å²) in [5.41, 5.74) is 0. The molecule has 0 fully saturated rings. The lowest BCUT2D eigenvalue weighted by Crippen LogP contribution is -2.30. The molecule has 16 heteroatoms. The second kappa shape index (κ2) is 36.4. The van der Waals surface area contributed by atoms with Crippen LogP contribution < -0.4 is 0 Å². The van der Waals surface area contributed by atoms with E-state index < -0.39 is 72.3 Å². The number of phosphoric ester groups is 2. The van der Waals surface area contributed by atoms with Crippen LogP contribution in [-0.4, -0.2) is 81.6 Å². The normalized spacial score (nSPS) is 15.5. The Morgan fingerprint density at radius 2 is 1.10 bits per heavy atom. The predicted octanol–water partition coefficient (Wildman–Crippen LogP) is 9.05. The van der Waals surface area contributed by atoms with Gasteiger partial charge in [-0.25, -0.2) is 9.13 Å². The Morgan fingerprint density at radius 3 is 1.67 bits per heavy atom. The Morgan fingerprint density at radius 1 is 0.586 bits per heavy atom. The summed E-state index contributed by atoms with van der Waals surface area (Å²) in [6.45, 7) is 3.60. The summed E-state index contributed by atoms with van der Waals surface area (Å²) in [7, 11) is -9.76. The summed E-state index contributed by atoms with van der Waals surface area (Å²) >= 11 is 0. The Labute approximate surface area is 347 Å². The van der Waals surface area contributed by atoms with Crippen LogP contribution in [0.25, 0.3) is 0 Å². The maximum Gasteiger partial charge on any atom is 0.472 e. The molecule has 0 heterocycles. The first-order valence-corrected chi connectivity index (χ1v) is 23.6. The highest BCUT2D eigenvalue weighted by Crippen LogP contribution is 2.43. The standard InChI is InChI=1S/C42H72O14P2/c1-4-5-6-7-8-9-10-11-12-13-14-15-16-20-23-26-29-38(43)31-32-42(46)56-40(36-55-58(50,51)54-34-39(44)33-53-57(47,48)49)35-52-41(45)30-27-24-21-18-17-19-22-25-28-37(2)3/h5-6,8-9,11-12,14-15,20,23,26,29,37-40,43-44H,4,7,10,13,16-19,21-22,24-25,27-28,30-36H2,1-3H3,(H,50,51)(H2,47,48,49)/b6-5-,9-8-,12-11-,15-14-,23-20-,29-26-/t38?,39-,40+/m0/s1. The number of allylic oxidation sites excluding steroid dienone is 11. The number of unbranched alkanes of at least 4 members (excludes halogenated alkanes) is 7. The third kappa shape index (κ3) is 40.3. The first-order valence-electron chi connectivity index (χ1n) is 20.6. The van der Waals surface area contributed by atoms with Crippen molar-refractivity contribution in [2.75, 3.05) is 26.4 Å². The molecule has 0 aromatic carbocycles. The van der Waals surface area contributed by atoms with Gasteiger partial charge < -0.3 is 34.4 Å². The average molecular weight is 863 g/mol. The number of hydrogen-bond donors (Lipinski definition) is 5. The van der Waals surface area contributed by atoms with Gasteiger partial charge in [0, 0.05) is 12.8 Å². The highest BCUT2D eigenvalue weighted by Gasteiger charge is 2.28. The summed E-state index contributed by atoms with van der Waals surface area (Å²) in [5.74, 6) is -0.595. The maximum absolute atomic E-state index is 12.6. The molecule has 0 aliphatic rings. The van der Waals surface area contributed by atoms with E-state index in [-0.39, 0.29) is 19.3 Å². The number of esters is 2. The summed E-state index contributed by atoms with van der Waals surface area (Å²) in [6, 6.07) is 0. The molecule has 0 rings (SSSR count). The molecule has 0 aliphatic carbocycles. The highest BCUT2D eigenvalue weighted by atomic mass is 31.2. The van der Waals surface area contributed by atoms with Crippen molar-refractivity contribution >= 4 is 27.6 Å². The van der Waals surface area contributed by atoms with E-state index in [1.165, 1.54) is 31.8 Å². The molecule has 0 saturated carbocycles. The molecule has 0 bridgehead atoms. The van der Waals surface area contributed by atoms with E-state index in [1.54, 1.807) is 12.2 Å². The van der Waals surface area contributed by atoms with Crippen LogP contribution in [0.5, 0.6) is 0 Å². The van der Waals surface area contributed by atoms with Crippen LogP contribution in [0.3, 0.4) is 0 Å². The number of carbonyl (C=O) groups is 2. The molecule has 0 amide bonds. The van der Waals surface area contributed by atoms with Crippen molar-refractivity contribution in [3.05, 3.63) is 72.9 Å². The van der Waals surface area contributed by atoms with Gasteiger partial charge in [0.05, 0.1) is 25.9 Å². The lowest BCUT2D eigenvalue weighted by Gasteiger charge is -2.20. The minimum absolute atomic E-state index is 0.0154. The van der Waals surface area contributed by atoms with Gasteiger partial charge in [-0.3, -0.25) is 23.2 Å². The van der Waals surface area contributed by atoms with E-state index in [0.717, 1.165) is 57.3 Å². The molecule has 14 nitrogen and oxygen atoms in total. The predicted molar refractivity (Wildman–Crippen MR) is 226 cm³/mol. The number of hydrogen-bond acceptors (Lipinski definition) is 11. The second-order valence-electron chi connectivity index (χ2n) is 14.2. The summed E-state index contributed by atoms with van der Waals surface area (Å²) in [6.07, 6.45) is 34.0. The molecule has 334 valence electrons. The lowest BCUT2D eigenvalue weighted by molar-refractivity contribution is -0.161. The van der Waals surface area contributed by atoms with Gasteiger partial charge in [0.1, 0.15) is 12.7 Å². The van der Waals surface area contributed by atoms with Crippen molar-refractivity contribution in [3.8, 4) is 0 Å². The number of rotatable bonds is 37. The Balaban J connectivity index is 4.80. The molecule has 0 radical (unpaired) electrons. The Hall–Kier alpha value is -2.48. The van der Waals surface area contributed by atoms with E-state index in [2.05, 4.69) is 72.4 Å². The van der Waals surface area contributed by atoms with Gasteiger partial charge >= 0.3 is 27.6 Å². The van der Waals surface area contributed by atoms with Crippen molar-refractivity contribution in [2.45, 2.75) is 148 Å². The van der Waals surface area contributed by atoms with Gasteiger partial charge in [-0.05, 0) is 50.9 Å². The van der Waals surface area contributed by atoms with Crippen LogP contribution in [0, 0.1) is 5.92 Å². The molecule has 5 N–H and O–H groups in total. The number of carbonyl (C=O) groups excluding carboxylic acids is 2. The molecule has 58 heavy (non-hydrogen) atoms. The Kier molecular flexibility index (Phi) is 34.8. The number of aliphatic hydroxyl groups excluding tert-OH is 2. The van der Waals surface area contributed by atoms with Gasteiger partial charge in [-0.2, -0.15) is 0 Å². The van der Waals surface area contributed by atoms with Crippen molar-refractivity contribution in [1.29, 1.82) is 0 Å². The van der Waals surface area contributed by atoms with Crippen LogP contribution in [0.1, 0.15) is 130 Å². The topological polar surface area (TPSA) is 216 Å². The van der Waals surface area contributed by atoms with E-state index in [0.29, 0.717) is 12.8 Å². The second-order valence-corrected chi connectivity index (χ2v) is 16.9. The first kappa shape index (κ1) is 55.5. The average Bonchev–Trinajstić information content (AvgIpc) is 3.16. The largest absolute Gasteiger partial charge is 0.472 e. The molecule has 0 aromatic heterocycles. The fraction of sp³-hybridized carbons (Fsp3) is 0.667. The van der Waals surface area contributed by atoms with Crippen LogP contribution in [0.15, 0.2) is 72.9 Å². The number of aliphatic hydroxyl groups is 2. The molecule has 0 saturated heterocycles. The summed E-state index contributed by atoms with van der Waals surface area (Å²) < 4.78 is 47.4. The quantitative estimate of drug-likeness (QED) is 0.0130. The molecule has 0 aliphatic heterocycles. The van der Waals surface area contributed by atoms with Gasteiger partial charge in [0.15, 0.2) is 6.10 Å². The zero-order valence-corrected chi connectivity index (χ0v) is 36.7. The van der Waals surface area contributed by atoms with Crippen LogP contribution >= 0.6 is 15.6 Å². The first-order chi connectivity index (χ1) is 27.6. The maximum atomic E-state index is 12.6. The van der Waals surface area contributed by atoms with Gasteiger partial charge in [0.2, 0.25) is 0 Å². The molecule has 4 atom stereocenters. The Bertz CT molecular complexity index is 1330. The summed E-state index contributed by atoms with van der Waals surface area (Å²) in [5, 5.41) is 20.0. The highest BCUT2D eigenvalue weighted by molar-refractivity contribution is 7.47. The van der Waals surface area contributed by atoms with E-state index >= 15 is 0 Å². The summed E-state index contributed by atoms with van der Waals surface area (Å²) in [4.78, 5) is 52.6. The molecular formula is C42H72O14P2. The monoisotopic (exact) mass is 862 g/mol. The zero-order chi connectivity index (χ0) is 43.3. The molecular weight excluding hydrogens is 790 g/mol. The van der Waals surface area contributed by atoms with Crippen molar-refractivity contribution in [2.24, 2.45) is 5.92 Å². The van der Waals surface area contributed by atoms with Crippen molar-refractivity contribution in [1.82, 2.24) is 0 Å². The smallest absolute Gasteiger partial charge is 0.462 e. The number of phosphoric acid groups is 2. The molecule has 0 spiro atoms. The minimum atomic E-state index is -4.89. The van der Waals surface area contributed by atoms with Crippen LogP contribution in [0.4, 0.5) is 0 Å². The van der Waals surface area contributed by atoms with E-state index in [4.69, 9.17) is 23.8 Å². The van der Waals surface area contributed by atoms with Crippen LogP contribution in [-0.2, 0) is 41.8 Å². The van der Waals surface area contributed by atoms with E-state index in [9.17, 15) is 33.8 Å². The van der Waals surface area contributed by atoms with Crippen molar-refractivity contribution < 1.29 is 66.7 Å². The minimum Gasteiger partial charge on any atom is -0.462 e. The third-order valence-electron chi connectivity index (χ3n) is 8.15. The van der Waals surface area contributed by atoms with Crippen LogP contribution in [0.2, 0.25) is 0 Å². The lowest BCUT2D eigenvalue weighted by atomic mass is 10.0.